The lowest BCUT2D eigenvalue weighted by Gasteiger charge is -2.46. The molecule has 29 heavy (non-hydrogen) atoms. The van der Waals surface area contributed by atoms with Gasteiger partial charge in [-0.3, -0.25) is 9.20 Å². The van der Waals surface area contributed by atoms with E-state index in [-0.39, 0.29) is 28.8 Å². The fraction of sp³-hybridized carbons (Fsp3) is 0.455. The Morgan fingerprint density at radius 2 is 1.83 bits per heavy atom. The maximum atomic E-state index is 13.2. The van der Waals surface area contributed by atoms with Gasteiger partial charge < -0.3 is 10.6 Å². The third-order valence-corrected chi connectivity index (χ3v) is 6.58. The van der Waals surface area contributed by atoms with Crippen molar-refractivity contribution in [2.75, 3.05) is 0 Å². The van der Waals surface area contributed by atoms with Crippen LogP contribution in [0.25, 0.3) is 16.2 Å². The number of rotatable bonds is 3. The second-order valence-electron chi connectivity index (χ2n) is 9.27. The standard InChI is InChI=1S/C22H27FN4OS/c1-13-18(19(28)24-16-10-21(2,3)26-22(4,5)11-16)29-20-25-17(12-27(13)20)14-6-8-15(23)9-7-14/h6-9,12,16,26H,10-11H2,1-5H3,(H,24,28). The van der Waals surface area contributed by atoms with Gasteiger partial charge in [0.1, 0.15) is 10.7 Å². The Balaban J connectivity index is 1.56. The predicted octanol–water partition coefficient (Wildman–Crippen LogP) is 4.55. The number of imidazole rings is 1. The van der Waals surface area contributed by atoms with Gasteiger partial charge >= 0.3 is 0 Å². The van der Waals surface area contributed by atoms with Crippen LogP contribution in [0.4, 0.5) is 4.39 Å². The van der Waals surface area contributed by atoms with Crippen LogP contribution >= 0.6 is 11.3 Å². The molecule has 3 aromatic rings. The van der Waals surface area contributed by atoms with E-state index in [0.29, 0.717) is 4.88 Å². The number of piperidine rings is 1. The van der Waals surface area contributed by atoms with Crippen LogP contribution in [0.2, 0.25) is 0 Å². The molecule has 0 saturated carbocycles. The first-order valence-electron chi connectivity index (χ1n) is 9.88. The fourth-order valence-electron chi connectivity index (χ4n) is 4.60. The van der Waals surface area contributed by atoms with Crippen molar-refractivity contribution >= 4 is 22.2 Å². The first-order chi connectivity index (χ1) is 13.5. The number of nitrogens with one attached hydrogen (secondary N) is 2. The lowest BCUT2D eigenvalue weighted by molar-refractivity contribution is 0.0876. The lowest BCUT2D eigenvalue weighted by Crippen LogP contribution is -2.62. The zero-order chi connectivity index (χ0) is 21.0. The van der Waals surface area contributed by atoms with Crippen molar-refractivity contribution in [2.24, 2.45) is 0 Å². The maximum Gasteiger partial charge on any atom is 0.263 e. The molecule has 1 aromatic carbocycles. The van der Waals surface area contributed by atoms with Gasteiger partial charge in [0.2, 0.25) is 0 Å². The molecule has 1 aliphatic heterocycles. The average molecular weight is 415 g/mol. The molecule has 7 heteroatoms. The minimum atomic E-state index is -0.269. The van der Waals surface area contributed by atoms with Gasteiger partial charge in [0.15, 0.2) is 4.96 Å². The molecule has 0 aliphatic carbocycles. The van der Waals surface area contributed by atoms with Crippen molar-refractivity contribution in [1.29, 1.82) is 0 Å². The Labute approximate surface area is 174 Å². The van der Waals surface area contributed by atoms with E-state index in [0.717, 1.165) is 34.8 Å². The molecule has 0 bridgehead atoms. The molecule has 1 saturated heterocycles. The summed E-state index contributed by atoms with van der Waals surface area (Å²) in [5.74, 6) is -0.311. The number of carbonyl (C=O) groups excluding carboxylic acids is 1. The van der Waals surface area contributed by atoms with Crippen LogP contribution in [0.3, 0.4) is 0 Å². The zero-order valence-corrected chi connectivity index (χ0v) is 18.3. The largest absolute Gasteiger partial charge is 0.348 e. The Hall–Kier alpha value is -2.25. The summed E-state index contributed by atoms with van der Waals surface area (Å²) in [4.78, 5) is 19.1. The molecule has 0 atom stereocenters. The number of carbonyl (C=O) groups is 1. The number of amides is 1. The van der Waals surface area contributed by atoms with Crippen molar-refractivity contribution in [2.45, 2.75) is 64.6 Å². The molecular formula is C22H27FN4OS. The minimum Gasteiger partial charge on any atom is -0.348 e. The van der Waals surface area contributed by atoms with Crippen LogP contribution in [0.1, 0.15) is 55.9 Å². The minimum absolute atomic E-state index is 0.0250. The molecule has 1 fully saturated rings. The first kappa shape index (κ1) is 20.0. The van der Waals surface area contributed by atoms with Crippen LogP contribution in [-0.4, -0.2) is 32.4 Å². The molecular weight excluding hydrogens is 387 g/mol. The number of benzene rings is 1. The summed E-state index contributed by atoms with van der Waals surface area (Å²) in [6.07, 6.45) is 3.68. The molecule has 154 valence electrons. The van der Waals surface area contributed by atoms with Gasteiger partial charge in [0.05, 0.1) is 5.69 Å². The smallest absolute Gasteiger partial charge is 0.263 e. The van der Waals surface area contributed by atoms with Crippen LogP contribution in [0.5, 0.6) is 0 Å². The number of aryl methyl sites for hydroxylation is 1. The van der Waals surface area contributed by atoms with Gasteiger partial charge in [0, 0.05) is 34.6 Å². The first-order valence-corrected chi connectivity index (χ1v) is 10.7. The Morgan fingerprint density at radius 1 is 1.21 bits per heavy atom. The fourth-order valence-corrected chi connectivity index (χ4v) is 5.61. The maximum absolute atomic E-state index is 13.2. The highest BCUT2D eigenvalue weighted by Gasteiger charge is 2.38. The molecule has 5 nitrogen and oxygen atoms in total. The Morgan fingerprint density at radius 3 is 2.41 bits per heavy atom. The van der Waals surface area contributed by atoms with Crippen LogP contribution < -0.4 is 10.6 Å². The predicted molar refractivity (Wildman–Crippen MR) is 115 cm³/mol. The number of hydrogen-bond acceptors (Lipinski definition) is 4. The van der Waals surface area contributed by atoms with Gasteiger partial charge in [-0.05, 0) is 71.7 Å². The van der Waals surface area contributed by atoms with E-state index < -0.39 is 0 Å². The topological polar surface area (TPSA) is 58.4 Å². The number of aromatic nitrogens is 2. The summed E-state index contributed by atoms with van der Waals surface area (Å²) in [5.41, 5.74) is 2.45. The van der Waals surface area contributed by atoms with E-state index in [1.165, 1.54) is 23.5 Å². The molecule has 0 unspecified atom stereocenters. The molecule has 4 rings (SSSR count). The third kappa shape index (κ3) is 4.07. The number of hydrogen-bond donors (Lipinski definition) is 2. The summed E-state index contributed by atoms with van der Waals surface area (Å²) >= 11 is 1.39. The summed E-state index contributed by atoms with van der Waals surface area (Å²) in [7, 11) is 0. The van der Waals surface area contributed by atoms with Gasteiger partial charge in [-0.2, -0.15) is 0 Å². The molecule has 0 radical (unpaired) electrons. The van der Waals surface area contributed by atoms with E-state index in [9.17, 15) is 9.18 Å². The van der Waals surface area contributed by atoms with Crippen LogP contribution in [0.15, 0.2) is 30.5 Å². The van der Waals surface area contributed by atoms with Gasteiger partial charge in [-0.15, -0.1) is 0 Å². The van der Waals surface area contributed by atoms with Crippen molar-refractivity contribution in [3.05, 3.63) is 46.9 Å². The SMILES string of the molecule is Cc1c(C(=O)NC2CC(C)(C)NC(C)(C)C2)sc2nc(-c3ccc(F)cc3)cn12. The molecule has 1 aliphatic rings. The van der Waals surface area contributed by atoms with Gasteiger partial charge in [-0.1, -0.05) is 11.3 Å². The summed E-state index contributed by atoms with van der Waals surface area (Å²) in [6.45, 7) is 10.6. The zero-order valence-electron chi connectivity index (χ0n) is 17.5. The van der Waals surface area contributed by atoms with E-state index in [1.807, 2.05) is 17.5 Å². The van der Waals surface area contributed by atoms with E-state index >= 15 is 0 Å². The van der Waals surface area contributed by atoms with Gasteiger partial charge in [0.25, 0.3) is 5.91 Å². The second-order valence-corrected chi connectivity index (χ2v) is 10.3. The monoisotopic (exact) mass is 414 g/mol. The van der Waals surface area contributed by atoms with Crippen LogP contribution in [0, 0.1) is 12.7 Å². The average Bonchev–Trinajstić information content (AvgIpc) is 3.12. The molecule has 2 aromatic heterocycles. The van der Waals surface area contributed by atoms with E-state index in [2.05, 4.69) is 43.3 Å². The summed E-state index contributed by atoms with van der Waals surface area (Å²) in [5, 5.41) is 6.88. The number of halogens is 1. The molecule has 0 spiro atoms. The van der Waals surface area contributed by atoms with Crippen molar-refractivity contribution < 1.29 is 9.18 Å². The number of thiazole rings is 1. The lowest BCUT2D eigenvalue weighted by atomic mass is 9.79. The normalized spacial score (nSPS) is 18.8. The Bertz CT molecular complexity index is 1050. The molecule has 2 N–H and O–H groups in total. The Kier molecular flexibility index (Phi) is 4.78. The third-order valence-electron chi connectivity index (χ3n) is 5.43. The highest BCUT2D eigenvalue weighted by molar-refractivity contribution is 7.19. The van der Waals surface area contributed by atoms with E-state index in [1.54, 1.807) is 12.1 Å². The number of fused-ring (bicyclic) bond motifs is 1. The van der Waals surface area contributed by atoms with Crippen molar-refractivity contribution in [1.82, 2.24) is 20.0 Å². The number of nitrogens with zero attached hydrogens (tertiary/aromatic N) is 2. The molecule has 1 amide bonds. The van der Waals surface area contributed by atoms with Gasteiger partial charge in [-0.25, -0.2) is 9.37 Å². The highest BCUT2D eigenvalue weighted by Crippen LogP contribution is 2.30. The summed E-state index contributed by atoms with van der Waals surface area (Å²) < 4.78 is 15.1. The quantitative estimate of drug-likeness (QED) is 0.661. The second kappa shape index (κ2) is 6.92. The highest BCUT2D eigenvalue weighted by atomic mass is 32.1. The molecule has 3 heterocycles. The van der Waals surface area contributed by atoms with E-state index in [4.69, 9.17) is 0 Å². The van der Waals surface area contributed by atoms with Crippen molar-refractivity contribution in [3.63, 3.8) is 0 Å². The van der Waals surface area contributed by atoms with Crippen molar-refractivity contribution in [3.8, 4) is 11.3 Å². The summed E-state index contributed by atoms with van der Waals surface area (Å²) in [6, 6.07) is 6.40. The van der Waals surface area contributed by atoms with Crippen LogP contribution in [-0.2, 0) is 0 Å².